The van der Waals surface area contributed by atoms with Crippen molar-refractivity contribution in [2.24, 2.45) is 0 Å². The Morgan fingerprint density at radius 3 is 1.56 bits per heavy atom. The molecule has 18 heavy (non-hydrogen) atoms. The van der Waals surface area contributed by atoms with Crippen LogP contribution in [-0.2, 0) is 0 Å². The molecule has 0 spiro atoms. The molecule has 0 unspecified atom stereocenters. The summed E-state index contributed by atoms with van der Waals surface area (Å²) in [7, 11) is 0. The Hall–Kier alpha value is 0.170. The molecule has 0 radical (unpaired) electrons. The summed E-state index contributed by atoms with van der Waals surface area (Å²) >= 11 is 17.0. The molecule has 94 valence electrons. The van der Waals surface area contributed by atoms with E-state index in [1.54, 1.807) is 0 Å². The van der Waals surface area contributed by atoms with Gasteiger partial charge in [-0.05, 0) is 35.4 Å². The Kier molecular flexibility index (Phi) is 5.31. The molecular weight excluding hydrogens is 443 g/mol. The van der Waals surface area contributed by atoms with Gasteiger partial charge in [-0.15, -0.1) is 11.6 Å². The number of benzene rings is 2. The fourth-order valence-electron chi connectivity index (χ4n) is 1.63. The van der Waals surface area contributed by atoms with Crippen LogP contribution in [-0.4, -0.2) is 0 Å². The van der Waals surface area contributed by atoms with Crippen molar-refractivity contribution in [3.63, 3.8) is 0 Å². The topological polar surface area (TPSA) is 0 Å². The summed E-state index contributed by atoms with van der Waals surface area (Å²) in [5.41, 5.74) is 2.27. The lowest BCUT2D eigenvalue weighted by Crippen LogP contribution is -1.99. The molecule has 0 aliphatic heterocycles. The lowest BCUT2D eigenvalue weighted by Gasteiger charge is -2.17. The van der Waals surface area contributed by atoms with Crippen LogP contribution in [0.5, 0.6) is 0 Å². The van der Waals surface area contributed by atoms with Gasteiger partial charge in [-0.1, -0.05) is 72.1 Å². The van der Waals surface area contributed by atoms with Crippen LogP contribution in [0, 0.1) is 0 Å². The molecule has 0 amide bonds. The van der Waals surface area contributed by atoms with E-state index in [1.165, 1.54) is 5.56 Å². The Balaban J connectivity index is 2.20. The summed E-state index contributed by atoms with van der Waals surface area (Å²) in [4.78, 5) is 0.0912. The molecule has 0 nitrogen and oxygen atoms in total. The second-order valence-corrected chi connectivity index (χ2v) is 7.19. The third-order valence-electron chi connectivity index (χ3n) is 2.63. The molecule has 0 aliphatic rings. The first-order chi connectivity index (χ1) is 8.58. The summed E-state index contributed by atoms with van der Waals surface area (Å²) in [6.45, 7) is 0. The average Bonchev–Trinajstić information content (AvgIpc) is 2.39. The van der Waals surface area contributed by atoms with Gasteiger partial charge in [0, 0.05) is 8.95 Å². The molecule has 0 aromatic heterocycles. The van der Waals surface area contributed by atoms with E-state index in [0.29, 0.717) is 0 Å². The quantitative estimate of drug-likeness (QED) is 0.458. The number of hydrogen-bond acceptors (Lipinski definition) is 0. The molecule has 4 heteroatoms. The Morgan fingerprint density at radius 2 is 1.11 bits per heavy atom. The van der Waals surface area contributed by atoms with Crippen molar-refractivity contribution < 1.29 is 0 Å². The third kappa shape index (κ3) is 3.60. The highest BCUT2D eigenvalue weighted by Crippen LogP contribution is 2.41. The highest BCUT2D eigenvalue weighted by atomic mass is 79.9. The van der Waals surface area contributed by atoms with Crippen LogP contribution in [0.1, 0.15) is 21.3 Å². The van der Waals surface area contributed by atoms with Gasteiger partial charge in [0.05, 0.1) is 10.2 Å². The molecule has 0 saturated carbocycles. The van der Waals surface area contributed by atoms with Crippen molar-refractivity contribution in [3.8, 4) is 0 Å². The van der Waals surface area contributed by atoms with Gasteiger partial charge in [-0.2, -0.15) is 0 Å². The van der Waals surface area contributed by atoms with E-state index < -0.39 is 0 Å². The lowest BCUT2D eigenvalue weighted by atomic mass is 10.0. The summed E-state index contributed by atoms with van der Waals surface area (Å²) < 4.78 is 2.13. The maximum atomic E-state index is 6.51. The van der Waals surface area contributed by atoms with Gasteiger partial charge in [0.25, 0.3) is 0 Å². The van der Waals surface area contributed by atoms with Crippen LogP contribution in [0.3, 0.4) is 0 Å². The van der Waals surface area contributed by atoms with Gasteiger partial charge in [-0.25, -0.2) is 0 Å². The Labute approximate surface area is 137 Å². The minimum absolute atomic E-state index is 0.0912. The van der Waals surface area contributed by atoms with Gasteiger partial charge in [0.1, 0.15) is 0 Å². The van der Waals surface area contributed by atoms with Gasteiger partial charge < -0.3 is 0 Å². The van der Waals surface area contributed by atoms with Crippen molar-refractivity contribution in [1.29, 1.82) is 0 Å². The van der Waals surface area contributed by atoms with Gasteiger partial charge in [0.15, 0.2) is 0 Å². The van der Waals surface area contributed by atoms with E-state index >= 15 is 0 Å². The molecule has 0 heterocycles. The lowest BCUT2D eigenvalue weighted by molar-refractivity contribution is 0.909. The van der Waals surface area contributed by atoms with E-state index in [4.69, 9.17) is 11.6 Å². The molecular formula is C14H10Br3Cl. The van der Waals surface area contributed by atoms with Gasteiger partial charge in [-0.3, -0.25) is 0 Å². The van der Waals surface area contributed by atoms with Crippen LogP contribution >= 0.6 is 59.4 Å². The zero-order valence-corrected chi connectivity index (χ0v) is 14.8. The van der Waals surface area contributed by atoms with Crippen molar-refractivity contribution in [2.45, 2.75) is 10.2 Å². The second kappa shape index (κ2) is 6.56. The zero-order chi connectivity index (χ0) is 13.1. The minimum Gasteiger partial charge on any atom is -0.116 e. The summed E-state index contributed by atoms with van der Waals surface area (Å²) in [6.07, 6.45) is 0. The Morgan fingerprint density at radius 1 is 0.722 bits per heavy atom. The van der Waals surface area contributed by atoms with Crippen molar-refractivity contribution in [1.82, 2.24) is 0 Å². The zero-order valence-electron chi connectivity index (χ0n) is 9.29. The van der Waals surface area contributed by atoms with Crippen LogP contribution in [0.15, 0.2) is 57.5 Å². The molecule has 2 rings (SSSR count). The predicted octanol–water partition coefficient (Wildman–Crippen LogP) is 6.63. The van der Waals surface area contributed by atoms with E-state index in [2.05, 4.69) is 59.9 Å². The number of hydrogen-bond donors (Lipinski definition) is 0. The summed E-state index contributed by atoms with van der Waals surface area (Å²) in [5, 5.41) is -0.0979. The summed E-state index contributed by atoms with van der Waals surface area (Å²) in [5.74, 6) is 0. The van der Waals surface area contributed by atoms with E-state index in [0.717, 1.165) is 14.5 Å². The molecule has 0 aliphatic carbocycles. The van der Waals surface area contributed by atoms with E-state index in [-0.39, 0.29) is 10.2 Å². The molecule has 0 bridgehead atoms. The highest BCUT2D eigenvalue weighted by molar-refractivity contribution is 9.10. The fraction of sp³-hybridized carbons (Fsp3) is 0.143. The largest absolute Gasteiger partial charge is 0.116 e. The maximum absolute atomic E-state index is 6.51. The standard InChI is InChI=1S/C14H10Br3Cl/c15-11-5-1-9(2-6-11)13(17)14(18)10-3-7-12(16)8-4-10/h1-8,13-14H/t13-,14+/m1/s1. The highest BCUT2D eigenvalue weighted by Gasteiger charge is 2.19. The molecule has 2 atom stereocenters. The van der Waals surface area contributed by atoms with Gasteiger partial charge >= 0.3 is 0 Å². The first kappa shape index (κ1) is 14.6. The van der Waals surface area contributed by atoms with E-state index in [1.807, 2.05) is 36.4 Å². The van der Waals surface area contributed by atoms with Crippen LogP contribution in [0.4, 0.5) is 0 Å². The summed E-state index contributed by atoms with van der Waals surface area (Å²) in [6, 6.07) is 16.3. The van der Waals surface area contributed by atoms with Crippen molar-refractivity contribution >= 4 is 59.4 Å². The molecule has 0 N–H and O–H groups in total. The number of halogens is 4. The molecule has 0 saturated heterocycles. The predicted molar refractivity (Wildman–Crippen MR) is 88.5 cm³/mol. The minimum atomic E-state index is -0.0979. The van der Waals surface area contributed by atoms with Gasteiger partial charge in [0.2, 0.25) is 0 Å². The Bertz CT molecular complexity index is 458. The van der Waals surface area contributed by atoms with Crippen LogP contribution in [0.2, 0.25) is 0 Å². The van der Waals surface area contributed by atoms with E-state index in [9.17, 15) is 0 Å². The molecule has 2 aromatic carbocycles. The first-order valence-corrected chi connectivity index (χ1v) is 8.31. The monoisotopic (exact) mass is 450 g/mol. The number of alkyl halides is 2. The third-order valence-corrected chi connectivity index (χ3v) is 5.56. The van der Waals surface area contributed by atoms with Crippen LogP contribution in [0.25, 0.3) is 0 Å². The number of rotatable bonds is 3. The molecule has 2 aromatic rings. The van der Waals surface area contributed by atoms with Crippen molar-refractivity contribution in [3.05, 3.63) is 68.6 Å². The molecule has 0 fully saturated rings. The second-order valence-electron chi connectivity index (χ2n) is 3.91. The van der Waals surface area contributed by atoms with Crippen molar-refractivity contribution in [2.75, 3.05) is 0 Å². The smallest absolute Gasteiger partial charge is 0.0751 e. The van der Waals surface area contributed by atoms with Crippen LogP contribution < -0.4 is 0 Å². The SMILES string of the molecule is Cl[C@@H](c1ccc(Br)cc1)[C@H](Br)c1ccc(Br)cc1. The fourth-order valence-corrected chi connectivity index (χ4v) is 3.06. The first-order valence-electron chi connectivity index (χ1n) is 5.37. The average molecular weight is 453 g/mol. The maximum Gasteiger partial charge on any atom is 0.0751 e. The normalized spacial score (nSPS) is 14.2.